The van der Waals surface area contributed by atoms with Crippen LogP contribution in [0.4, 0.5) is 4.79 Å². The molecule has 1 aromatic heterocycles. The summed E-state index contributed by atoms with van der Waals surface area (Å²) in [6.07, 6.45) is 0.447. The lowest BCUT2D eigenvalue weighted by molar-refractivity contribution is 0.0230. The van der Waals surface area contributed by atoms with Crippen molar-refractivity contribution in [3.63, 3.8) is 0 Å². The van der Waals surface area contributed by atoms with Crippen LogP contribution in [-0.4, -0.2) is 53.7 Å². The molecule has 1 aromatic rings. The summed E-state index contributed by atoms with van der Waals surface area (Å²) in [4.78, 5) is 22.6. The van der Waals surface area contributed by atoms with Crippen molar-refractivity contribution in [1.82, 2.24) is 20.5 Å². The van der Waals surface area contributed by atoms with E-state index in [2.05, 4.69) is 20.6 Å². The second kappa shape index (κ2) is 10.2. The summed E-state index contributed by atoms with van der Waals surface area (Å²) < 4.78 is 11.0. The summed E-state index contributed by atoms with van der Waals surface area (Å²) in [5.74, 6) is 2.11. The van der Waals surface area contributed by atoms with Crippen LogP contribution in [-0.2, 0) is 11.3 Å². The Bertz CT molecular complexity index is 614. The van der Waals surface area contributed by atoms with Crippen LogP contribution in [0.3, 0.4) is 0 Å². The summed E-state index contributed by atoms with van der Waals surface area (Å²) in [6, 6.07) is 0.0345. The van der Waals surface area contributed by atoms with E-state index in [0.717, 1.165) is 24.4 Å². The molecule has 154 valence electrons. The van der Waals surface area contributed by atoms with Gasteiger partial charge in [0.1, 0.15) is 17.9 Å². The van der Waals surface area contributed by atoms with E-state index in [-0.39, 0.29) is 12.1 Å². The summed E-state index contributed by atoms with van der Waals surface area (Å²) >= 11 is 0. The van der Waals surface area contributed by atoms with Gasteiger partial charge in [0.2, 0.25) is 5.89 Å². The van der Waals surface area contributed by atoms with Crippen LogP contribution in [0.2, 0.25) is 0 Å². The highest BCUT2D eigenvalue weighted by Gasteiger charge is 2.22. The molecule has 8 nitrogen and oxygen atoms in total. The number of ether oxygens (including phenoxy) is 1. The van der Waals surface area contributed by atoms with Crippen LogP contribution in [0.5, 0.6) is 0 Å². The van der Waals surface area contributed by atoms with Crippen LogP contribution >= 0.6 is 0 Å². The maximum absolute atomic E-state index is 12.1. The number of aromatic nitrogens is 1. The second-order valence-electron chi connectivity index (χ2n) is 7.60. The quantitative estimate of drug-likeness (QED) is 0.557. The normalized spacial score (nSPS) is 13.3. The van der Waals surface area contributed by atoms with E-state index in [0.29, 0.717) is 24.9 Å². The smallest absolute Gasteiger partial charge is 0.410 e. The molecule has 0 saturated heterocycles. The van der Waals surface area contributed by atoms with Gasteiger partial charge in [-0.05, 0) is 54.9 Å². The first kappa shape index (κ1) is 22.8. The van der Waals surface area contributed by atoms with Crippen molar-refractivity contribution in [3.8, 4) is 0 Å². The third-order valence-corrected chi connectivity index (χ3v) is 3.99. The molecular formula is C19H35N5O3. The standard InChI is InChI=1S/C19H35N5O3/c1-9-20-17(22-12-16-23-14(3)15(4)26-16)21-11-10-13(2)24(8)18(25)27-19(5,6)7/h13H,9-12H2,1-8H3,(H2,20,21,22). The molecule has 0 aliphatic rings. The molecule has 1 atom stereocenters. The van der Waals surface area contributed by atoms with Gasteiger partial charge in [0, 0.05) is 26.2 Å². The lowest BCUT2D eigenvalue weighted by Gasteiger charge is -2.28. The first-order chi connectivity index (χ1) is 12.5. The van der Waals surface area contributed by atoms with Crippen LogP contribution < -0.4 is 10.6 Å². The minimum atomic E-state index is -0.495. The van der Waals surface area contributed by atoms with Gasteiger partial charge in [-0.2, -0.15) is 0 Å². The lowest BCUT2D eigenvalue weighted by atomic mass is 10.2. The van der Waals surface area contributed by atoms with Crippen molar-refractivity contribution in [2.75, 3.05) is 20.1 Å². The summed E-state index contributed by atoms with van der Waals surface area (Å²) in [7, 11) is 1.76. The Kier molecular flexibility index (Phi) is 8.59. The fourth-order valence-electron chi connectivity index (χ4n) is 2.20. The van der Waals surface area contributed by atoms with E-state index < -0.39 is 5.60 Å². The lowest BCUT2D eigenvalue weighted by Crippen LogP contribution is -2.42. The minimum Gasteiger partial charge on any atom is -0.444 e. The number of hydrogen-bond donors (Lipinski definition) is 2. The Labute approximate surface area is 162 Å². The molecule has 0 aromatic carbocycles. The van der Waals surface area contributed by atoms with Gasteiger partial charge in [-0.15, -0.1) is 0 Å². The van der Waals surface area contributed by atoms with Crippen molar-refractivity contribution >= 4 is 12.1 Å². The number of aliphatic imine (C=N–C) groups is 1. The number of nitrogens with one attached hydrogen (secondary N) is 2. The van der Waals surface area contributed by atoms with E-state index in [1.165, 1.54) is 0 Å². The molecule has 1 amide bonds. The van der Waals surface area contributed by atoms with Crippen molar-refractivity contribution in [3.05, 3.63) is 17.3 Å². The molecule has 2 N–H and O–H groups in total. The summed E-state index contributed by atoms with van der Waals surface area (Å²) in [6.45, 7) is 15.2. The van der Waals surface area contributed by atoms with Gasteiger partial charge in [-0.1, -0.05) is 0 Å². The van der Waals surface area contributed by atoms with Gasteiger partial charge in [-0.25, -0.2) is 14.8 Å². The molecule has 0 fully saturated rings. The van der Waals surface area contributed by atoms with E-state index in [4.69, 9.17) is 9.15 Å². The van der Waals surface area contributed by atoms with E-state index in [9.17, 15) is 4.79 Å². The van der Waals surface area contributed by atoms with Crippen LogP contribution in [0.15, 0.2) is 9.41 Å². The monoisotopic (exact) mass is 381 g/mol. The number of amides is 1. The van der Waals surface area contributed by atoms with Crippen LogP contribution in [0.25, 0.3) is 0 Å². The zero-order valence-electron chi connectivity index (χ0n) is 18.0. The predicted octanol–water partition coefficient (Wildman–Crippen LogP) is 2.99. The number of oxazole rings is 1. The highest BCUT2D eigenvalue weighted by atomic mass is 16.6. The zero-order chi connectivity index (χ0) is 20.6. The highest BCUT2D eigenvalue weighted by molar-refractivity contribution is 5.79. The predicted molar refractivity (Wildman–Crippen MR) is 107 cm³/mol. The van der Waals surface area contributed by atoms with Gasteiger partial charge in [0.05, 0.1) is 5.69 Å². The molecule has 0 radical (unpaired) electrons. The van der Waals surface area contributed by atoms with Gasteiger partial charge in [0.15, 0.2) is 5.96 Å². The number of carbonyl (C=O) groups excluding carboxylic acids is 1. The average molecular weight is 382 g/mol. The maximum atomic E-state index is 12.1. The molecule has 1 heterocycles. The minimum absolute atomic E-state index is 0.0345. The number of guanidine groups is 1. The number of hydrogen-bond acceptors (Lipinski definition) is 5. The molecule has 0 bridgehead atoms. The van der Waals surface area contributed by atoms with E-state index in [1.807, 2.05) is 48.5 Å². The average Bonchev–Trinajstić information content (AvgIpc) is 2.88. The molecule has 0 spiro atoms. The number of rotatable bonds is 7. The maximum Gasteiger partial charge on any atom is 0.410 e. The van der Waals surface area contributed by atoms with E-state index >= 15 is 0 Å². The number of carbonyl (C=O) groups is 1. The Morgan fingerprint density at radius 3 is 2.52 bits per heavy atom. The molecule has 27 heavy (non-hydrogen) atoms. The van der Waals surface area contributed by atoms with Crippen molar-refractivity contribution < 1.29 is 13.9 Å². The fraction of sp³-hybridized carbons (Fsp3) is 0.737. The van der Waals surface area contributed by atoms with Crippen molar-refractivity contribution in [2.45, 2.75) is 73.1 Å². The Morgan fingerprint density at radius 2 is 2.00 bits per heavy atom. The fourth-order valence-corrected chi connectivity index (χ4v) is 2.20. The first-order valence-electron chi connectivity index (χ1n) is 9.44. The van der Waals surface area contributed by atoms with Gasteiger partial charge in [-0.3, -0.25) is 0 Å². The van der Waals surface area contributed by atoms with Crippen LogP contribution in [0, 0.1) is 13.8 Å². The van der Waals surface area contributed by atoms with Gasteiger partial charge >= 0.3 is 6.09 Å². The van der Waals surface area contributed by atoms with E-state index in [1.54, 1.807) is 11.9 Å². The third-order valence-electron chi connectivity index (χ3n) is 3.99. The first-order valence-corrected chi connectivity index (χ1v) is 9.44. The molecule has 1 rings (SSSR count). The largest absolute Gasteiger partial charge is 0.444 e. The number of nitrogens with zero attached hydrogens (tertiary/aromatic N) is 3. The zero-order valence-corrected chi connectivity index (χ0v) is 18.0. The topological polar surface area (TPSA) is 92.0 Å². The van der Waals surface area contributed by atoms with Crippen LogP contribution in [0.1, 0.15) is 58.4 Å². The summed E-state index contributed by atoms with van der Waals surface area (Å²) in [5.41, 5.74) is 0.391. The van der Waals surface area contributed by atoms with Gasteiger partial charge in [0.25, 0.3) is 0 Å². The SMILES string of the molecule is CCNC(=NCc1nc(C)c(C)o1)NCCC(C)N(C)C(=O)OC(C)(C)C. The summed E-state index contributed by atoms with van der Waals surface area (Å²) in [5, 5.41) is 6.47. The Balaban J connectivity index is 2.51. The highest BCUT2D eigenvalue weighted by Crippen LogP contribution is 2.12. The molecule has 0 aliphatic heterocycles. The molecular weight excluding hydrogens is 346 g/mol. The Hall–Kier alpha value is -2.25. The number of aryl methyl sites for hydroxylation is 2. The molecule has 8 heteroatoms. The molecule has 0 aliphatic carbocycles. The third kappa shape index (κ3) is 8.32. The van der Waals surface area contributed by atoms with Gasteiger partial charge < -0.3 is 24.7 Å². The molecule has 0 saturated carbocycles. The van der Waals surface area contributed by atoms with Crippen molar-refractivity contribution in [2.24, 2.45) is 4.99 Å². The molecule has 1 unspecified atom stereocenters. The Morgan fingerprint density at radius 1 is 1.33 bits per heavy atom. The second-order valence-corrected chi connectivity index (χ2v) is 7.60. The van der Waals surface area contributed by atoms with Crippen molar-refractivity contribution in [1.29, 1.82) is 0 Å².